The monoisotopic (exact) mass is 234 g/mol. The van der Waals surface area contributed by atoms with Crippen molar-refractivity contribution < 1.29 is 9.84 Å². The number of rotatable bonds is 6. The molecule has 0 aromatic heterocycles. The summed E-state index contributed by atoms with van der Waals surface area (Å²) in [6.45, 7) is 13.6. The van der Waals surface area contributed by atoms with Gasteiger partial charge in [-0.05, 0) is 27.7 Å². The van der Waals surface area contributed by atoms with Gasteiger partial charge in [-0.3, -0.25) is 0 Å². The largest absolute Gasteiger partial charge is 0.394 e. The molecular weight excluding hydrogens is 200 g/mol. The lowest BCUT2D eigenvalue weighted by Crippen LogP contribution is -1.85. The van der Waals surface area contributed by atoms with E-state index in [-0.39, 0.29) is 6.10 Å². The van der Waals surface area contributed by atoms with Crippen LogP contribution in [0, 0.1) is 0 Å². The topological polar surface area (TPSA) is 29.5 Å². The summed E-state index contributed by atoms with van der Waals surface area (Å²) >= 11 is 0. The third kappa shape index (κ3) is 66.3. The fourth-order valence-corrected chi connectivity index (χ4v) is 0.881. The van der Waals surface area contributed by atoms with E-state index >= 15 is 0 Å². The first kappa shape index (κ1) is 21.2. The molecule has 0 amide bonds. The van der Waals surface area contributed by atoms with Gasteiger partial charge >= 0.3 is 0 Å². The highest BCUT2D eigenvalue weighted by Crippen LogP contribution is 2.00. The Kier molecular flexibility index (Phi) is 32.2. The smallest absolute Gasteiger partial charge is 0.0483 e. The molecule has 0 saturated heterocycles. The summed E-state index contributed by atoms with van der Waals surface area (Å²) in [5.74, 6) is 0. The Morgan fingerprint density at radius 3 is 1.25 bits per heavy atom. The summed E-state index contributed by atoms with van der Waals surface area (Å²) in [6, 6.07) is 0. The molecule has 0 rings (SSSR count). The van der Waals surface area contributed by atoms with Crippen molar-refractivity contribution >= 4 is 0 Å². The molecule has 0 aliphatic rings. The Morgan fingerprint density at radius 2 is 1.12 bits per heavy atom. The summed E-state index contributed by atoms with van der Waals surface area (Å²) in [5.41, 5.74) is 0. The molecule has 0 unspecified atom stereocenters. The second kappa shape index (κ2) is 24.2. The summed E-state index contributed by atoms with van der Waals surface area (Å²) < 4.78 is 4.83. The van der Waals surface area contributed by atoms with Crippen molar-refractivity contribution in [1.29, 1.82) is 0 Å². The zero-order valence-electron chi connectivity index (χ0n) is 12.4. The maximum atomic E-state index is 8.06. The van der Waals surface area contributed by atoms with E-state index in [9.17, 15) is 0 Å². The van der Waals surface area contributed by atoms with Crippen molar-refractivity contribution in [2.24, 2.45) is 0 Å². The van der Waals surface area contributed by atoms with E-state index in [4.69, 9.17) is 9.84 Å². The van der Waals surface area contributed by atoms with Crippen molar-refractivity contribution in [2.75, 3.05) is 13.2 Å². The predicted octanol–water partition coefficient (Wildman–Crippen LogP) is 4.41. The fraction of sp³-hybridized carbons (Fsp3) is 1.00. The van der Waals surface area contributed by atoms with Crippen LogP contribution in [-0.4, -0.2) is 24.4 Å². The summed E-state index contributed by atoms with van der Waals surface area (Å²) in [4.78, 5) is 0. The number of aliphatic hydroxyl groups excluding tert-OH is 1. The van der Waals surface area contributed by atoms with Crippen molar-refractivity contribution in [3.8, 4) is 0 Å². The Balaban J connectivity index is -0.000000166. The molecule has 0 radical (unpaired) electrons. The number of unbranched alkanes of at least 4 members (excludes halogenated alkanes) is 4. The van der Waals surface area contributed by atoms with Crippen LogP contribution in [0.15, 0.2) is 0 Å². The average Bonchev–Trinajstić information content (AvgIpc) is 2.20. The third-order valence-electron chi connectivity index (χ3n) is 1.62. The Morgan fingerprint density at radius 1 is 0.812 bits per heavy atom. The summed E-state index contributed by atoms with van der Waals surface area (Å²) in [6.07, 6.45) is 6.84. The molecule has 2 heteroatoms. The number of aliphatic hydroxyl groups is 1. The molecule has 0 atom stereocenters. The molecule has 2 nitrogen and oxygen atoms in total. The molecule has 0 spiro atoms. The first-order valence-electron chi connectivity index (χ1n) is 6.82. The Labute approximate surface area is 103 Å². The van der Waals surface area contributed by atoms with E-state index in [1.807, 2.05) is 13.8 Å². The molecule has 0 aromatic carbocycles. The normalized spacial score (nSPS) is 9.00. The second-order valence-corrected chi connectivity index (χ2v) is 3.94. The van der Waals surface area contributed by atoms with Crippen LogP contribution in [0.25, 0.3) is 0 Å². The predicted molar refractivity (Wildman–Crippen MR) is 74.0 cm³/mol. The maximum Gasteiger partial charge on any atom is 0.0483 e. The standard InChI is InChI=1S/C7H16.C4H10O.C3H8O/c1-3-5-7-6-4-2;1-3-5-4-2;1-3(2)4/h3-7H2,1-2H3;3-4H2,1-2H3;3-4H,1-2H3. The lowest BCUT2D eigenvalue weighted by Gasteiger charge is -1.90. The molecule has 0 aliphatic carbocycles. The van der Waals surface area contributed by atoms with Gasteiger partial charge in [-0.25, -0.2) is 0 Å². The van der Waals surface area contributed by atoms with Crippen LogP contribution < -0.4 is 0 Å². The number of ether oxygens (including phenoxy) is 1. The van der Waals surface area contributed by atoms with Crippen LogP contribution in [0.2, 0.25) is 0 Å². The number of hydrogen-bond acceptors (Lipinski definition) is 2. The van der Waals surface area contributed by atoms with Gasteiger partial charge in [-0.15, -0.1) is 0 Å². The highest BCUT2D eigenvalue weighted by atomic mass is 16.5. The molecule has 0 heterocycles. The van der Waals surface area contributed by atoms with E-state index in [1.54, 1.807) is 13.8 Å². The molecule has 0 aromatic rings. The van der Waals surface area contributed by atoms with Gasteiger partial charge in [0.05, 0.1) is 0 Å². The minimum absolute atomic E-state index is 0.167. The van der Waals surface area contributed by atoms with Crippen molar-refractivity contribution in [1.82, 2.24) is 0 Å². The van der Waals surface area contributed by atoms with E-state index in [0.29, 0.717) is 0 Å². The van der Waals surface area contributed by atoms with Gasteiger partial charge in [-0.1, -0.05) is 46.0 Å². The van der Waals surface area contributed by atoms with Crippen molar-refractivity contribution in [3.05, 3.63) is 0 Å². The van der Waals surface area contributed by atoms with E-state index in [0.717, 1.165) is 13.2 Å². The van der Waals surface area contributed by atoms with Gasteiger partial charge in [0, 0.05) is 19.3 Å². The highest BCUT2D eigenvalue weighted by Gasteiger charge is 1.80. The Bertz CT molecular complexity index is 74.0. The minimum Gasteiger partial charge on any atom is -0.394 e. The van der Waals surface area contributed by atoms with Gasteiger partial charge in [0.1, 0.15) is 0 Å². The molecule has 0 fully saturated rings. The first-order chi connectivity index (χ1) is 7.56. The van der Waals surface area contributed by atoms with Crippen molar-refractivity contribution in [3.63, 3.8) is 0 Å². The molecule has 0 aliphatic heterocycles. The van der Waals surface area contributed by atoms with Gasteiger partial charge in [0.25, 0.3) is 0 Å². The van der Waals surface area contributed by atoms with Gasteiger partial charge in [0.2, 0.25) is 0 Å². The summed E-state index contributed by atoms with van der Waals surface area (Å²) in [5, 5.41) is 8.06. The Hall–Kier alpha value is -0.0800. The summed E-state index contributed by atoms with van der Waals surface area (Å²) in [7, 11) is 0. The average molecular weight is 234 g/mol. The van der Waals surface area contributed by atoms with Crippen LogP contribution in [0.5, 0.6) is 0 Å². The number of hydrogen-bond donors (Lipinski definition) is 1. The molecule has 1 N–H and O–H groups in total. The lowest BCUT2D eigenvalue weighted by molar-refractivity contribution is 0.162. The van der Waals surface area contributed by atoms with Crippen LogP contribution in [-0.2, 0) is 4.74 Å². The van der Waals surface area contributed by atoms with E-state index < -0.39 is 0 Å². The first-order valence-corrected chi connectivity index (χ1v) is 6.82. The fourth-order valence-electron chi connectivity index (χ4n) is 0.881. The van der Waals surface area contributed by atoms with E-state index in [2.05, 4.69) is 13.8 Å². The van der Waals surface area contributed by atoms with Crippen LogP contribution in [0.4, 0.5) is 0 Å². The van der Waals surface area contributed by atoms with Gasteiger partial charge in [0.15, 0.2) is 0 Å². The molecule has 0 bridgehead atoms. The maximum absolute atomic E-state index is 8.06. The quantitative estimate of drug-likeness (QED) is 0.690. The zero-order chi connectivity index (χ0) is 13.2. The van der Waals surface area contributed by atoms with Crippen LogP contribution >= 0.6 is 0 Å². The van der Waals surface area contributed by atoms with Crippen LogP contribution in [0.1, 0.15) is 73.6 Å². The van der Waals surface area contributed by atoms with Gasteiger partial charge < -0.3 is 9.84 Å². The molecule has 102 valence electrons. The third-order valence-corrected chi connectivity index (χ3v) is 1.62. The second-order valence-electron chi connectivity index (χ2n) is 3.94. The van der Waals surface area contributed by atoms with Crippen LogP contribution in [0.3, 0.4) is 0 Å². The SMILES string of the molecule is CC(C)O.CCCCCCC.CCOCC. The highest BCUT2D eigenvalue weighted by molar-refractivity contribution is 4.35. The lowest BCUT2D eigenvalue weighted by atomic mass is 10.2. The molecule has 0 saturated carbocycles. The van der Waals surface area contributed by atoms with Gasteiger partial charge in [-0.2, -0.15) is 0 Å². The minimum atomic E-state index is -0.167. The molecule has 16 heavy (non-hydrogen) atoms. The molecular formula is C14H34O2. The zero-order valence-corrected chi connectivity index (χ0v) is 12.4. The van der Waals surface area contributed by atoms with E-state index in [1.165, 1.54) is 32.1 Å². The van der Waals surface area contributed by atoms with Crippen molar-refractivity contribution in [2.45, 2.75) is 79.8 Å².